The van der Waals surface area contributed by atoms with Gasteiger partial charge in [0.15, 0.2) is 0 Å². The first kappa shape index (κ1) is 16.4. The van der Waals surface area contributed by atoms with Crippen LogP contribution in [-0.2, 0) is 0 Å². The molecule has 2 N–H and O–H groups in total. The van der Waals surface area contributed by atoms with E-state index in [0.29, 0.717) is 0 Å². The Morgan fingerprint density at radius 1 is 0.964 bits per heavy atom. The topological polar surface area (TPSA) is 74.4 Å². The average Bonchev–Trinajstić information content (AvgIpc) is 3.15. The molecule has 5 nitrogen and oxygen atoms in total. The highest BCUT2D eigenvalue weighted by Crippen LogP contribution is 2.30. The van der Waals surface area contributed by atoms with Gasteiger partial charge in [0.1, 0.15) is 5.69 Å². The zero-order valence-corrected chi connectivity index (χ0v) is 15.3. The minimum Gasteiger partial charge on any atom is -0.322 e. The average molecular weight is 366 g/mol. The summed E-state index contributed by atoms with van der Waals surface area (Å²) in [6.07, 6.45) is 3.55. The number of pyridine rings is 2. The number of nitrogens with zero attached hydrogens (tertiary/aromatic N) is 2. The molecule has 0 bridgehead atoms. The highest BCUT2D eigenvalue weighted by atomic mass is 16.1. The van der Waals surface area contributed by atoms with Crippen LogP contribution in [-0.4, -0.2) is 20.2 Å². The van der Waals surface area contributed by atoms with E-state index in [2.05, 4.69) is 33.2 Å². The van der Waals surface area contributed by atoms with Gasteiger partial charge in [-0.05, 0) is 41.3 Å². The largest absolute Gasteiger partial charge is 0.322 e. The molecule has 0 amide bonds. The van der Waals surface area contributed by atoms with Crippen LogP contribution in [0.1, 0.15) is 24.0 Å². The summed E-state index contributed by atoms with van der Waals surface area (Å²) in [6.45, 7) is 2.06. The Morgan fingerprint density at radius 2 is 1.82 bits per heavy atom. The number of fused-ring (bicyclic) bond motifs is 2. The van der Waals surface area contributed by atoms with Crippen LogP contribution in [0.4, 0.5) is 0 Å². The van der Waals surface area contributed by atoms with E-state index in [4.69, 9.17) is 0 Å². The Morgan fingerprint density at radius 3 is 2.61 bits per heavy atom. The van der Waals surface area contributed by atoms with Crippen molar-refractivity contribution in [1.82, 2.24) is 20.2 Å². The first-order valence-electron chi connectivity index (χ1n) is 9.21. The molecule has 0 aliphatic rings. The first-order chi connectivity index (χ1) is 13.7. The fourth-order valence-electron chi connectivity index (χ4n) is 3.70. The molecule has 1 atom stereocenters. The maximum Gasteiger partial charge on any atom is 0.252 e. The fraction of sp³-hybridized carbons (Fsp3) is 0.0870. The summed E-state index contributed by atoms with van der Waals surface area (Å²) in [5.74, 6) is 0.00666. The molecule has 2 aromatic carbocycles. The minimum atomic E-state index is -0.0600. The summed E-state index contributed by atoms with van der Waals surface area (Å²) < 4.78 is 0. The van der Waals surface area contributed by atoms with Crippen LogP contribution < -0.4 is 5.56 Å². The lowest BCUT2D eigenvalue weighted by Gasteiger charge is -2.12. The molecule has 3 aromatic heterocycles. The van der Waals surface area contributed by atoms with Crippen molar-refractivity contribution in [3.8, 4) is 11.3 Å². The maximum absolute atomic E-state index is 12.7. The van der Waals surface area contributed by atoms with Gasteiger partial charge in [-0.1, -0.05) is 37.3 Å². The zero-order chi connectivity index (χ0) is 19.1. The summed E-state index contributed by atoms with van der Waals surface area (Å²) in [5, 5.41) is 9.51. The monoisotopic (exact) mass is 366 g/mol. The molecule has 0 radical (unpaired) electrons. The van der Waals surface area contributed by atoms with Crippen molar-refractivity contribution >= 4 is 21.8 Å². The second-order valence-electron chi connectivity index (χ2n) is 6.99. The van der Waals surface area contributed by atoms with E-state index in [1.54, 1.807) is 12.4 Å². The molecule has 28 heavy (non-hydrogen) atoms. The van der Waals surface area contributed by atoms with Crippen molar-refractivity contribution in [3.05, 3.63) is 94.5 Å². The third kappa shape index (κ3) is 2.68. The summed E-state index contributed by atoms with van der Waals surface area (Å²) >= 11 is 0. The Hall–Kier alpha value is -3.73. The molecule has 1 unspecified atom stereocenters. The van der Waals surface area contributed by atoms with Crippen molar-refractivity contribution in [1.29, 1.82) is 0 Å². The molecule has 5 aromatic rings. The molecular formula is C23H18N4O. The maximum atomic E-state index is 12.7. The van der Waals surface area contributed by atoms with Crippen molar-refractivity contribution in [2.75, 3.05) is 0 Å². The normalized spacial score (nSPS) is 12.5. The minimum absolute atomic E-state index is 0.00666. The molecule has 136 valence electrons. The van der Waals surface area contributed by atoms with Crippen molar-refractivity contribution in [3.63, 3.8) is 0 Å². The highest BCUT2D eigenvalue weighted by molar-refractivity contribution is 6.01. The Balaban J connectivity index is 1.70. The molecule has 0 saturated carbocycles. The van der Waals surface area contributed by atoms with E-state index in [-0.39, 0.29) is 11.5 Å². The lowest BCUT2D eigenvalue weighted by molar-refractivity contribution is 0.901. The molecule has 0 fully saturated rings. The lowest BCUT2D eigenvalue weighted by atomic mass is 9.93. The predicted octanol–water partition coefficient (Wildman–Crippen LogP) is 4.62. The van der Waals surface area contributed by atoms with Gasteiger partial charge in [0.05, 0.1) is 11.0 Å². The smallest absolute Gasteiger partial charge is 0.252 e. The standard InChI is InChI=1S/C23H18N4O/c1-14(15-6-3-2-4-7-15)18-10-17-11-19-21(12-20(17)25-23(18)28)26-27-22(19)16-8-5-9-24-13-16/h2-14H,1H3,(H,25,28)(H,26,27). The van der Waals surface area contributed by atoms with Crippen molar-refractivity contribution < 1.29 is 0 Å². The third-order valence-electron chi connectivity index (χ3n) is 5.26. The van der Waals surface area contributed by atoms with Crippen LogP contribution in [0.3, 0.4) is 0 Å². The third-order valence-corrected chi connectivity index (χ3v) is 5.26. The number of nitrogens with one attached hydrogen (secondary N) is 2. The summed E-state index contributed by atoms with van der Waals surface area (Å²) in [4.78, 5) is 19.9. The van der Waals surface area contributed by atoms with Gasteiger partial charge in [0, 0.05) is 34.8 Å². The number of aromatic amines is 2. The number of aromatic nitrogens is 4. The van der Waals surface area contributed by atoms with Gasteiger partial charge in [0.25, 0.3) is 5.56 Å². The summed E-state index contributed by atoms with van der Waals surface area (Å²) in [5.41, 5.74) is 5.30. The lowest BCUT2D eigenvalue weighted by Crippen LogP contribution is -2.15. The second kappa shape index (κ2) is 6.46. The van der Waals surface area contributed by atoms with E-state index in [9.17, 15) is 4.79 Å². The molecule has 0 aliphatic carbocycles. The van der Waals surface area contributed by atoms with Gasteiger partial charge in [-0.15, -0.1) is 0 Å². The molecule has 3 heterocycles. The van der Waals surface area contributed by atoms with E-state index in [1.165, 1.54) is 0 Å². The van der Waals surface area contributed by atoms with Crippen LogP contribution in [0.15, 0.2) is 77.9 Å². The van der Waals surface area contributed by atoms with Crippen LogP contribution in [0.2, 0.25) is 0 Å². The second-order valence-corrected chi connectivity index (χ2v) is 6.99. The van der Waals surface area contributed by atoms with Gasteiger partial charge in [-0.25, -0.2) is 0 Å². The molecule has 0 aliphatic heterocycles. The van der Waals surface area contributed by atoms with Crippen LogP contribution in [0, 0.1) is 0 Å². The van der Waals surface area contributed by atoms with Gasteiger partial charge in [0.2, 0.25) is 0 Å². The van der Waals surface area contributed by atoms with Gasteiger partial charge in [-0.3, -0.25) is 14.9 Å². The Kier molecular flexibility index (Phi) is 3.79. The molecule has 0 saturated heterocycles. The van der Waals surface area contributed by atoms with Crippen LogP contribution >= 0.6 is 0 Å². The highest BCUT2D eigenvalue weighted by Gasteiger charge is 2.15. The van der Waals surface area contributed by atoms with E-state index in [0.717, 1.165) is 44.2 Å². The van der Waals surface area contributed by atoms with E-state index in [1.807, 2.05) is 54.6 Å². The predicted molar refractivity (Wildman–Crippen MR) is 111 cm³/mol. The van der Waals surface area contributed by atoms with Gasteiger partial charge in [-0.2, -0.15) is 5.10 Å². The molecule has 0 spiro atoms. The molecule has 5 rings (SSSR count). The fourth-order valence-corrected chi connectivity index (χ4v) is 3.70. The number of hydrogen-bond acceptors (Lipinski definition) is 3. The van der Waals surface area contributed by atoms with Crippen LogP contribution in [0.5, 0.6) is 0 Å². The summed E-state index contributed by atoms with van der Waals surface area (Å²) in [7, 11) is 0. The van der Waals surface area contributed by atoms with Crippen molar-refractivity contribution in [2.45, 2.75) is 12.8 Å². The SMILES string of the molecule is CC(c1ccccc1)c1cc2cc3c(-c4cccnc4)n[nH]c3cc2[nH]c1=O. The first-order valence-corrected chi connectivity index (χ1v) is 9.21. The molecular weight excluding hydrogens is 348 g/mol. The van der Waals surface area contributed by atoms with Gasteiger partial charge >= 0.3 is 0 Å². The summed E-state index contributed by atoms with van der Waals surface area (Å²) in [6, 6.07) is 20.0. The number of benzene rings is 2. The van der Waals surface area contributed by atoms with E-state index >= 15 is 0 Å². The number of hydrogen-bond donors (Lipinski definition) is 2. The van der Waals surface area contributed by atoms with Crippen LogP contribution in [0.25, 0.3) is 33.1 Å². The van der Waals surface area contributed by atoms with E-state index < -0.39 is 0 Å². The van der Waals surface area contributed by atoms with Gasteiger partial charge < -0.3 is 4.98 Å². The quantitative estimate of drug-likeness (QED) is 0.489. The zero-order valence-electron chi connectivity index (χ0n) is 15.3. The Bertz CT molecular complexity index is 1340. The Labute approximate surface area is 161 Å². The number of rotatable bonds is 3. The van der Waals surface area contributed by atoms with Crippen molar-refractivity contribution in [2.24, 2.45) is 0 Å². The molecule has 5 heteroatoms. The number of H-pyrrole nitrogens is 2.